The number of nitrogens with zero attached hydrogens (tertiary/aromatic N) is 1. The number of aliphatic hydroxyl groups is 1. The Balaban J connectivity index is 1.73. The van der Waals surface area contributed by atoms with E-state index in [4.69, 9.17) is 0 Å². The van der Waals surface area contributed by atoms with E-state index in [0.29, 0.717) is 25.4 Å². The summed E-state index contributed by atoms with van der Waals surface area (Å²) in [5, 5.41) is 9.85. The first-order valence-corrected chi connectivity index (χ1v) is 7.36. The minimum absolute atomic E-state index is 0.245. The highest BCUT2D eigenvalue weighted by molar-refractivity contribution is 7.99. The molecule has 3 nitrogen and oxygen atoms in total. The van der Waals surface area contributed by atoms with Crippen LogP contribution < -0.4 is 0 Å². The topological polar surface area (TPSA) is 40.5 Å². The molecular weight excluding hydrogens is 222 g/mol. The van der Waals surface area contributed by atoms with Gasteiger partial charge in [0, 0.05) is 6.42 Å². The van der Waals surface area contributed by atoms with Crippen molar-refractivity contribution in [1.82, 2.24) is 4.90 Å². The van der Waals surface area contributed by atoms with Crippen molar-refractivity contribution in [3.63, 3.8) is 0 Å². The molecule has 0 saturated carbocycles. The first-order chi connectivity index (χ1) is 7.63. The predicted molar refractivity (Wildman–Crippen MR) is 66.5 cm³/mol. The van der Waals surface area contributed by atoms with E-state index in [1.807, 2.05) is 23.6 Å². The molecule has 2 aliphatic heterocycles. The number of hydrogen-bond donors (Lipinski definition) is 1. The molecule has 1 amide bonds. The van der Waals surface area contributed by atoms with Crippen LogP contribution >= 0.6 is 11.8 Å². The zero-order valence-electron chi connectivity index (χ0n) is 9.95. The summed E-state index contributed by atoms with van der Waals surface area (Å²) in [6.07, 6.45) is 3.81. The third-order valence-corrected chi connectivity index (χ3v) is 4.83. The zero-order valence-corrected chi connectivity index (χ0v) is 10.8. The van der Waals surface area contributed by atoms with Crippen molar-refractivity contribution < 1.29 is 9.90 Å². The SMILES string of the molecule is CCC1(O)CN(C(=O)CC2CCSCC2)C1. The lowest BCUT2D eigenvalue weighted by Gasteiger charge is -2.46. The third-order valence-electron chi connectivity index (χ3n) is 3.79. The van der Waals surface area contributed by atoms with Crippen molar-refractivity contribution in [3.05, 3.63) is 0 Å². The van der Waals surface area contributed by atoms with Gasteiger partial charge in [0.25, 0.3) is 0 Å². The van der Waals surface area contributed by atoms with Crippen LogP contribution in [0, 0.1) is 5.92 Å². The van der Waals surface area contributed by atoms with Gasteiger partial charge in [0.2, 0.25) is 5.91 Å². The highest BCUT2D eigenvalue weighted by atomic mass is 32.2. The lowest BCUT2D eigenvalue weighted by atomic mass is 9.89. The smallest absolute Gasteiger partial charge is 0.223 e. The molecular formula is C12H21NO2S. The normalized spacial score (nSPS) is 25.2. The Morgan fingerprint density at radius 3 is 2.62 bits per heavy atom. The molecule has 2 saturated heterocycles. The average molecular weight is 243 g/mol. The summed E-state index contributed by atoms with van der Waals surface area (Å²) in [4.78, 5) is 13.7. The Kier molecular flexibility index (Phi) is 3.80. The first kappa shape index (κ1) is 12.2. The fraction of sp³-hybridized carbons (Fsp3) is 0.917. The maximum absolute atomic E-state index is 11.9. The van der Waals surface area contributed by atoms with E-state index in [1.54, 1.807) is 0 Å². The average Bonchev–Trinajstić information content (AvgIpc) is 2.26. The van der Waals surface area contributed by atoms with Crippen molar-refractivity contribution in [2.45, 2.75) is 38.2 Å². The molecule has 2 aliphatic rings. The van der Waals surface area contributed by atoms with Crippen molar-refractivity contribution in [1.29, 1.82) is 0 Å². The van der Waals surface area contributed by atoms with Crippen molar-refractivity contribution in [2.24, 2.45) is 5.92 Å². The van der Waals surface area contributed by atoms with E-state index < -0.39 is 5.60 Å². The van der Waals surface area contributed by atoms with Crippen LogP contribution in [0.1, 0.15) is 32.6 Å². The Hall–Kier alpha value is -0.220. The molecule has 0 aliphatic carbocycles. The number of hydrogen-bond acceptors (Lipinski definition) is 3. The van der Waals surface area contributed by atoms with Gasteiger partial charge in [-0.3, -0.25) is 4.79 Å². The second-order valence-corrected chi connectivity index (χ2v) is 6.31. The summed E-state index contributed by atoms with van der Waals surface area (Å²) >= 11 is 1.99. The van der Waals surface area contributed by atoms with Gasteiger partial charge in [0.15, 0.2) is 0 Å². The molecule has 0 aromatic carbocycles. The van der Waals surface area contributed by atoms with Gasteiger partial charge < -0.3 is 10.0 Å². The van der Waals surface area contributed by atoms with Crippen LogP contribution in [0.2, 0.25) is 0 Å². The second kappa shape index (κ2) is 4.96. The fourth-order valence-electron chi connectivity index (χ4n) is 2.39. The summed E-state index contributed by atoms with van der Waals surface area (Å²) in [5.41, 5.74) is -0.585. The molecule has 0 atom stereocenters. The van der Waals surface area contributed by atoms with Crippen molar-refractivity contribution in [3.8, 4) is 0 Å². The third kappa shape index (κ3) is 2.72. The van der Waals surface area contributed by atoms with Gasteiger partial charge in [0.05, 0.1) is 18.7 Å². The monoisotopic (exact) mass is 243 g/mol. The van der Waals surface area contributed by atoms with Gasteiger partial charge in [-0.15, -0.1) is 0 Å². The van der Waals surface area contributed by atoms with Gasteiger partial charge in [-0.05, 0) is 36.7 Å². The molecule has 2 fully saturated rings. The van der Waals surface area contributed by atoms with Gasteiger partial charge in [-0.25, -0.2) is 0 Å². The van der Waals surface area contributed by atoms with Gasteiger partial charge in [0.1, 0.15) is 0 Å². The lowest BCUT2D eigenvalue weighted by Crippen LogP contribution is -2.63. The minimum atomic E-state index is -0.585. The number of β-amino-alcohol motifs (C(OH)–C–C–N with tert-alkyl or cyclic N) is 1. The van der Waals surface area contributed by atoms with E-state index in [0.717, 1.165) is 6.42 Å². The number of carbonyl (C=O) groups excluding carboxylic acids is 1. The summed E-state index contributed by atoms with van der Waals surface area (Å²) in [6.45, 7) is 3.06. The molecule has 1 N–H and O–H groups in total. The first-order valence-electron chi connectivity index (χ1n) is 6.21. The molecule has 2 heterocycles. The van der Waals surface area contributed by atoms with Crippen LogP contribution in [0.3, 0.4) is 0 Å². The van der Waals surface area contributed by atoms with Crippen LogP contribution in [0.4, 0.5) is 0 Å². The largest absolute Gasteiger partial charge is 0.386 e. The van der Waals surface area contributed by atoms with E-state index in [1.165, 1.54) is 24.3 Å². The van der Waals surface area contributed by atoms with E-state index in [2.05, 4.69) is 0 Å². The molecule has 0 radical (unpaired) electrons. The summed E-state index contributed by atoms with van der Waals surface area (Å²) in [7, 11) is 0. The molecule has 0 aromatic heterocycles. The lowest BCUT2D eigenvalue weighted by molar-refractivity contribution is -0.156. The standard InChI is InChI=1S/C12H21NO2S/c1-2-12(15)8-13(9-12)11(14)7-10-3-5-16-6-4-10/h10,15H,2-9H2,1H3. The molecule has 0 aromatic rings. The Bertz CT molecular complexity index is 258. The Morgan fingerprint density at radius 2 is 2.06 bits per heavy atom. The second-order valence-electron chi connectivity index (χ2n) is 5.09. The van der Waals surface area contributed by atoms with E-state index >= 15 is 0 Å². The molecule has 16 heavy (non-hydrogen) atoms. The molecule has 0 unspecified atom stereocenters. The minimum Gasteiger partial charge on any atom is -0.386 e. The fourth-order valence-corrected chi connectivity index (χ4v) is 3.59. The van der Waals surface area contributed by atoms with Crippen molar-refractivity contribution in [2.75, 3.05) is 24.6 Å². The quantitative estimate of drug-likeness (QED) is 0.816. The Labute approximate surface area is 102 Å². The van der Waals surface area contributed by atoms with Crippen molar-refractivity contribution >= 4 is 17.7 Å². The van der Waals surface area contributed by atoms with Gasteiger partial charge in [-0.1, -0.05) is 6.92 Å². The summed E-state index contributed by atoms with van der Waals surface area (Å²) < 4.78 is 0. The highest BCUT2D eigenvalue weighted by Crippen LogP contribution is 2.29. The van der Waals surface area contributed by atoms with Crippen LogP contribution in [0.15, 0.2) is 0 Å². The molecule has 92 valence electrons. The van der Waals surface area contributed by atoms with Crippen LogP contribution in [-0.4, -0.2) is 46.1 Å². The van der Waals surface area contributed by atoms with Gasteiger partial charge in [-0.2, -0.15) is 11.8 Å². The van der Waals surface area contributed by atoms with E-state index in [-0.39, 0.29) is 5.91 Å². The van der Waals surface area contributed by atoms with Crippen LogP contribution in [-0.2, 0) is 4.79 Å². The number of thioether (sulfide) groups is 1. The summed E-state index contributed by atoms with van der Waals surface area (Å²) in [5.74, 6) is 3.24. The molecule has 0 spiro atoms. The molecule has 4 heteroatoms. The zero-order chi connectivity index (χ0) is 11.6. The highest BCUT2D eigenvalue weighted by Gasteiger charge is 2.42. The van der Waals surface area contributed by atoms with Crippen LogP contribution in [0.5, 0.6) is 0 Å². The number of rotatable bonds is 3. The maximum Gasteiger partial charge on any atom is 0.223 e. The Morgan fingerprint density at radius 1 is 1.44 bits per heavy atom. The van der Waals surface area contributed by atoms with E-state index in [9.17, 15) is 9.90 Å². The van der Waals surface area contributed by atoms with Gasteiger partial charge >= 0.3 is 0 Å². The number of likely N-dealkylation sites (tertiary alicyclic amines) is 1. The number of carbonyl (C=O) groups is 1. The molecule has 2 rings (SSSR count). The predicted octanol–water partition coefficient (Wildman–Crippen LogP) is 1.50. The summed E-state index contributed by atoms with van der Waals surface area (Å²) in [6, 6.07) is 0. The number of amides is 1. The van der Waals surface area contributed by atoms with Crippen LogP contribution in [0.25, 0.3) is 0 Å². The maximum atomic E-state index is 11.9. The molecule has 0 bridgehead atoms.